The predicted octanol–water partition coefficient (Wildman–Crippen LogP) is 4.53. The van der Waals surface area contributed by atoms with Crippen molar-refractivity contribution in [3.8, 4) is 11.5 Å². The van der Waals surface area contributed by atoms with E-state index < -0.39 is 6.04 Å². The SMILES string of the molecule is COc1ccc(CNC(=O)C[C@H](NC(=O)c2ccccc2Cl)c2ccccc2)cc1OC. The molecular weight excluding hydrogens is 428 g/mol. The molecule has 1 atom stereocenters. The summed E-state index contributed by atoms with van der Waals surface area (Å²) in [6.07, 6.45) is 0.0769. The summed E-state index contributed by atoms with van der Waals surface area (Å²) in [6.45, 7) is 0.319. The summed E-state index contributed by atoms with van der Waals surface area (Å²) in [5.41, 5.74) is 2.06. The van der Waals surface area contributed by atoms with Gasteiger partial charge in [-0.2, -0.15) is 0 Å². The molecule has 0 unspecified atom stereocenters. The summed E-state index contributed by atoms with van der Waals surface area (Å²) < 4.78 is 10.5. The second kappa shape index (κ2) is 11.2. The van der Waals surface area contributed by atoms with Crippen molar-refractivity contribution in [2.45, 2.75) is 19.0 Å². The molecule has 0 aromatic heterocycles. The van der Waals surface area contributed by atoms with Crippen molar-refractivity contribution >= 4 is 23.4 Å². The van der Waals surface area contributed by atoms with E-state index in [1.54, 1.807) is 44.6 Å². The molecule has 3 aromatic carbocycles. The standard InChI is InChI=1S/C25H25ClN2O4/c1-31-22-13-12-17(14-23(22)32-2)16-27-24(29)15-21(18-8-4-3-5-9-18)28-25(30)19-10-6-7-11-20(19)26/h3-14,21H,15-16H2,1-2H3,(H,27,29)(H,28,30)/t21-/m0/s1. The van der Waals surface area contributed by atoms with Crippen molar-refractivity contribution in [1.29, 1.82) is 0 Å². The van der Waals surface area contributed by atoms with Gasteiger partial charge in [0.05, 0.1) is 37.3 Å². The van der Waals surface area contributed by atoms with Gasteiger partial charge in [-0.05, 0) is 35.4 Å². The first kappa shape index (κ1) is 23.2. The molecule has 0 bridgehead atoms. The fraction of sp³-hybridized carbons (Fsp3) is 0.200. The third-order valence-corrected chi connectivity index (χ3v) is 5.28. The first-order chi connectivity index (χ1) is 15.5. The molecule has 0 saturated carbocycles. The molecule has 32 heavy (non-hydrogen) atoms. The van der Waals surface area contributed by atoms with Crippen LogP contribution in [0, 0.1) is 0 Å². The molecule has 2 amide bonds. The van der Waals surface area contributed by atoms with E-state index in [0.29, 0.717) is 28.6 Å². The summed E-state index contributed by atoms with van der Waals surface area (Å²) >= 11 is 6.16. The Morgan fingerprint density at radius 2 is 1.59 bits per heavy atom. The minimum Gasteiger partial charge on any atom is -0.493 e. The highest BCUT2D eigenvalue weighted by Crippen LogP contribution is 2.27. The summed E-state index contributed by atoms with van der Waals surface area (Å²) in [5.74, 6) is 0.674. The Kier molecular flexibility index (Phi) is 8.11. The van der Waals surface area contributed by atoms with Crippen molar-refractivity contribution in [2.24, 2.45) is 0 Å². The first-order valence-electron chi connectivity index (χ1n) is 10.1. The molecule has 0 aliphatic rings. The van der Waals surface area contributed by atoms with Gasteiger partial charge >= 0.3 is 0 Å². The summed E-state index contributed by atoms with van der Waals surface area (Å²) in [5, 5.41) is 6.19. The average molecular weight is 453 g/mol. The van der Waals surface area contributed by atoms with Gasteiger partial charge in [-0.15, -0.1) is 0 Å². The van der Waals surface area contributed by atoms with E-state index in [1.165, 1.54) is 0 Å². The lowest BCUT2D eigenvalue weighted by molar-refractivity contribution is -0.121. The van der Waals surface area contributed by atoms with Gasteiger partial charge in [-0.1, -0.05) is 60.1 Å². The smallest absolute Gasteiger partial charge is 0.253 e. The monoisotopic (exact) mass is 452 g/mol. The third kappa shape index (κ3) is 6.02. The molecule has 2 N–H and O–H groups in total. The van der Waals surface area contributed by atoms with E-state index in [-0.39, 0.29) is 18.2 Å². The molecule has 3 aromatic rings. The molecule has 0 aliphatic heterocycles. The zero-order valence-corrected chi connectivity index (χ0v) is 18.7. The van der Waals surface area contributed by atoms with Gasteiger partial charge in [0.15, 0.2) is 11.5 Å². The second-order valence-electron chi connectivity index (χ2n) is 7.09. The quantitative estimate of drug-likeness (QED) is 0.500. The zero-order chi connectivity index (χ0) is 22.9. The average Bonchev–Trinajstić information content (AvgIpc) is 2.82. The van der Waals surface area contributed by atoms with Crippen molar-refractivity contribution in [3.63, 3.8) is 0 Å². The Hall–Kier alpha value is -3.51. The van der Waals surface area contributed by atoms with Crippen LogP contribution in [-0.4, -0.2) is 26.0 Å². The van der Waals surface area contributed by atoms with Crippen LogP contribution in [0.5, 0.6) is 11.5 Å². The van der Waals surface area contributed by atoms with Crippen molar-refractivity contribution < 1.29 is 19.1 Å². The van der Waals surface area contributed by atoms with Gasteiger partial charge in [0, 0.05) is 6.54 Å². The minimum absolute atomic E-state index is 0.0769. The van der Waals surface area contributed by atoms with Gasteiger partial charge in [0.1, 0.15) is 0 Å². The number of hydrogen-bond donors (Lipinski definition) is 2. The lowest BCUT2D eigenvalue weighted by atomic mass is 10.0. The second-order valence-corrected chi connectivity index (χ2v) is 7.49. The number of nitrogens with one attached hydrogen (secondary N) is 2. The van der Waals surface area contributed by atoms with Gasteiger partial charge in [0.2, 0.25) is 5.91 Å². The lowest BCUT2D eigenvalue weighted by Crippen LogP contribution is -2.33. The molecular formula is C25H25ClN2O4. The highest BCUT2D eigenvalue weighted by atomic mass is 35.5. The topological polar surface area (TPSA) is 76.7 Å². The van der Waals surface area contributed by atoms with E-state index in [0.717, 1.165) is 11.1 Å². The maximum Gasteiger partial charge on any atom is 0.253 e. The molecule has 0 saturated heterocycles. The van der Waals surface area contributed by atoms with Crippen LogP contribution in [0.15, 0.2) is 72.8 Å². The first-order valence-corrected chi connectivity index (χ1v) is 10.5. The number of methoxy groups -OCH3 is 2. The summed E-state index contributed by atoms with van der Waals surface area (Å²) in [6, 6.07) is 21.1. The lowest BCUT2D eigenvalue weighted by Gasteiger charge is -2.19. The number of hydrogen-bond acceptors (Lipinski definition) is 4. The maximum atomic E-state index is 12.8. The Bertz CT molecular complexity index is 1070. The molecule has 0 heterocycles. The number of carbonyl (C=O) groups excluding carboxylic acids is 2. The minimum atomic E-state index is -0.509. The highest BCUT2D eigenvalue weighted by molar-refractivity contribution is 6.33. The zero-order valence-electron chi connectivity index (χ0n) is 17.9. The molecule has 0 aliphatic carbocycles. The molecule has 7 heteroatoms. The van der Waals surface area contributed by atoms with Crippen molar-refractivity contribution in [2.75, 3.05) is 14.2 Å². The Morgan fingerprint density at radius 1 is 0.906 bits per heavy atom. The van der Waals surface area contributed by atoms with Crippen LogP contribution in [0.1, 0.15) is 33.9 Å². The number of halogens is 1. The van der Waals surface area contributed by atoms with Crippen LogP contribution < -0.4 is 20.1 Å². The molecule has 0 spiro atoms. The van der Waals surface area contributed by atoms with E-state index in [2.05, 4.69) is 10.6 Å². The van der Waals surface area contributed by atoms with Crippen molar-refractivity contribution in [3.05, 3.63) is 94.5 Å². The van der Waals surface area contributed by atoms with Crippen LogP contribution in [0.3, 0.4) is 0 Å². The van der Waals surface area contributed by atoms with E-state index >= 15 is 0 Å². The Balaban J connectivity index is 1.69. The van der Waals surface area contributed by atoms with Gasteiger partial charge in [0.25, 0.3) is 5.91 Å². The van der Waals surface area contributed by atoms with Crippen LogP contribution in [0.2, 0.25) is 5.02 Å². The van der Waals surface area contributed by atoms with Gasteiger partial charge < -0.3 is 20.1 Å². The fourth-order valence-corrected chi connectivity index (χ4v) is 3.49. The van der Waals surface area contributed by atoms with Crippen LogP contribution in [0.25, 0.3) is 0 Å². The van der Waals surface area contributed by atoms with Crippen molar-refractivity contribution in [1.82, 2.24) is 10.6 Å². The Morgan fingerprint density at radius 3 is 2.28 bits per heavy atom. The summed E-state index contributed by atoms with van der Waals surface area (Å²) in [4.78, 5) is 25.5. The van der Waals surface area contributed by atoms with Gasteiger partial charge in [-0.3, -0.25) is 9.59 Å². The fourth-order valence-electron chi connectivity index (χ4n) is 3.27. The molecule has 3 rings (SSSR count). The number of ether oxygens (including phenoxy) is 2. The molecule has 0 fully saturated rings. The van der Waals surface area contributed by atoms with Gasteiger partial charge in [-0.25, -0.2) is 0 Å². The summed E-state index contributed by atoms with van der Waals surface area (Å²) in [7, 11) is 3.13. The largest absolute Gasteiger partial charge is 0.493 e. The van der Waals surface area contributed by atoms with Crippen LogP contribution in [0.4, 0.5) is 0 Å². The third-order valence-electron chi connectivity index (χ3n) is 4.95. The van der Waals surface area contributed by atoms with E-state index in [1.807, 2.05) is 42.5 Å². The van der Waals surface area contributed by atoms with E-state index in [9.17, 15) is 9.59 Å². The maximum absolute atomic E-state index is 12.8. The van der Waals surface area contributed by atoms with Crippen LogP contribution >= 0.6 is 11.6 Å². The normalized spacial score (nSPS) is 11.3. The molecule has 0 radical (unpaired) electrons. The van der Waals surface area contributed by atoms with E-state index in [4.69, 9.17) is 21.1 Å². The van der Waals surface area contributed by atoms with Crippen LogP contribution in [-0.2, 0) is 11.3 Å². The molecule has 166 valence electrons. The Labute approximate surface area is 192 Å². The number of benzene rings is 3. The molecule has 6 nitrogen and oxygen atoms in total. The number of rotatable bonds is 9. The highest BCUT2D eigenvalue weighted by Gasteiger charge is 2.20. The number of amides is 2. The number of carbonyl (C=O) groups is 2. The predicted molar refractivity (Wildman–Crippen MR) is 124 cm³/mol.